The van der Waals surface area contributed by atoms with Crippen LogP contribution in [0.4, 0.5) is 15.6 Å². The SMILES string of the molecule is CC(C)c1cnc(N(C(N)=O)c2cccc(C#CCN(C)C)c2)s1. The van der Waals surface area contributed by atoms with Crippen LogP contribution in [0, 0.1) is 11.8 Å². The number of rotatable bonds is 4. The van der Waals surface area contributed by atoms with Crippen LogP contribution in [0.1, 0.15) is 30.2 Å². The van der Waals surface area contributed by atoms with Crippen molar-refractivity contribution in [2.45, 2.75) is 19.8 Å². The average molecular weight is 342 g/mol. The van der Waals surface area contributed by atoms with Gasteiger partial charge in [0.1, 0.15) is 0 Å². The van der Waals surface area contributed by atoms with Crippen molar-refractivity contribution in [1.82, 2.24) is 9.88 Å². The third kappa shape index (κ3) is 4.57. The lowest BCUT2D eigenvalue weighted by Gasteiger charge is -2.17. The van der Waals surface area contributed by atoms with Gasteiger partial charge in [0.25, 0.3) is 0 Å². The van der Waals surface area contributed by atoms with Crippen LogP contribution in [0.3, 0.4) is 0 Å². The number of benzene rings is 1. The lowest BCUT2D eigenvalue weighted by Crippen LogP contribution is -2.31. The zero-order valence-corrected chi connectivity index (χ0v) is 15.2. The molecule has 0 saturated carbocycles. The largest absolute Gasteiger partial charge is 0.351 e. The molecule has 0 atom stereocenters. The molecule has 0 aliphatic carbocycles. The summed E-state index contributed by atoms with van der Waals surface area (Å²) in [6.07, 6.45) is 1.79. The first kappa shape index (κ1) is 18.0. The second-order valence-corrected chi connectivity index (χ2v) is 7.00. The molecule has 6 heteroatoms. The highest BCUT2D eigenvalue weighted by Crippen LogP contribution is 2.32. The van der Waals surface area contributed by atoms with Crippen molar-refractivity contribution in [2.75, 3.05) is 25.5 Å². The van der Waals surface area contributed by atoms with E-state index in [0.717, 1.165) is 10.4 Å². The van der Waals surface area contributed by atoms with Crippen molar-refractivity contribution < 1.29 is 4.79 Å². The Hall–Kier alpha value is -2.36. The van der Waals surface area contributed by atoms with E-state index in [4.69, 9.17) is 5.73 Å². The van der Waals surface area contributed by atoms with Crippen LogP contribution in [-0.4, -0.2) is 36.6 Å². The molecule has 24 heavy (non-hydrogen) atoms. The van der Waals surface area contributed by atoms with Crippen LogP contribution in [0.25, 0.3) is 0 Å². The van der Waals surface area contributed by atoms with Crippen molar-refractivity contribution in [3.05, 3.63) is 40.9 Å². The second-order valence-electron chi connectivity index (χ2n) is 5.96. The first-order valence-corrected chi connectivity index (χ1v) is 8.49. The molecule has 1 aromatic carbocycles. The molecule has 2 amide bonds. The van der Waals surface area contributed by atoms with Crippen LogP contribution in [-0.2, 0) is 0 Å². The molecule has 0 spiro atoms. The number of primary amides is 1. The molecule has 5 nitrogen and oxygen atoms in total. The van der Waals surface area contributed by atoms with Gasteiger partial charge in [0.05, 0.1) is 12.2 Å². The lowest BCUT2D eigenvalue weighted by atomic mass is 10.2. The Morgan fingerprint density at radius 3 is 2.71 bits per heavy atom. The molecule has 2 N–H and O–H groups in total. The number of anilines is 2. The lowest BCUT2D eigenvalue weighted by molar-refractivity contribution is 0.256. The number of amides is 2. The molecule has 0 radical (unpaired) electrons. The van der Waals surface area contributed by atoms with Gasteiger partial charge in [0.2, 0.25) is 0 Å². The molecular formula is C18H22N4OS. The minimum absolute atomic E-state index is 0.356. The van der Waals surface area contributed by atoms with E-state index in [1.807, 2.05) is 43.3 Å². The molecule has 2 rings (SSSR count). The van der Waals surface area contributed by atoms with Gasteiger partial charge >= 0.3 is 6.03 Å². The summed E-state index contributed by atoms with van der Waals surface area (Å²) in [6, 6.07) is 6.90. The Balaban J connectivity index is 2.33. The molecule has 1 heterocycles. The number of carbonyl (C=O) groups excluding carboxylic acids is 1. The first-order chi connectivity index (χ1) is 11.4. The first-order valence-electron chi connectivity index (χ1n) is 7.67. The minimum atomic E-state index is -0.557. The molecule has 0 unspecified atom stereocenters. The smallest absolute Gasteiger partial charge is 0.325 e. The Labute approximate surface area is 147 Å². The Bertz CT molecular complexity index is 771. The third-order valence-corrected chi connectivity index (χ3v) is 4.51. The van der Waals surface area contributed by atoms with Crippen LogP contribution in [0.15, 0.2) is 30.5 Å². The molecule has 126 valence electrons. The van der Waals surface area contributed by atoms with Gasteiger partial charge in [-0.2, -0.15) is 0 Å². The maximum Gasteiger partial charge on any atom is 0.325 e. The molecule has 0 aliphatic rings. The number of aromatic nitrogens is 1. The number of hydrogen-bond donors (Lipinski definition) is 1. The third-order valence-electron chi connectivity index (χ3n) is 3.22. The normalized spacial score (nSPS) is 10.6. The number of nitrogens with two attached hydrogens (primary N) is 1. The average Bonchev–Trinajstić information content (AvgIpc) is 2.97. The predicted molar refractivity (Wildman–Crippen MR) is 99.8 cm³/mol. The van der Waals surface area contributed by atoms with Gasteiger partial charge in [-0.05, 0) is 38.2 Å². The maximum absolute atomic E-state index is 12.0. The summed E-state index contributed by atoms with van der Waals surface area (Å²) in [4.78, 5) is 20.8. The van der Waals surface area contributed by atoms with Gasteiger partial charge in [-0.25, -0.2) is 14.7 Å². The molecule has 0 saturated heterocycles. The maximum atomic E-state index is 12.0. The predicted octanol–water partition coefficient (Wildman–Crippen LogP) is 3.40. The highest BCUT2D eigenvalue weighted by molar-refractivity contribution is 7.15. The van der Waals surface area contributed by atoms with E-state index in [1.165, 1.54) is 16.2 Å². The van der Waals surface area contributed by atoms with Gasteiger partial charge in [-0.3, -0.25) is 4.90 Å². The topological polar surface area (TPSA) is 62.5 Å². The summed E-state index contributed by atoms with van der Waals surface area (Å²) in [5, 5.41) is 0.574. The highest BCUT2D eigenvalue weighted by Gasteiger charge is 2.19. The van der Waals surface area contributed by atoms with E-state index in [1.54, 1.807) is 6.20 Å². The quantitative estimate of drug-likeness (QED) is 0.866. The van der Waals surface area contributed by atoms with Crippen molar-refractivity contribution in [2.24, 2.45) is 5.73 Å². The zero-order chi connectivity index (χ0) is 17.7. The Morgan fingerprint density at radius 2 is 2.12 bits per heavy atom. The zero-order valence-electron chi connectivity index (χ0n) is 14.4. The standard InChI is InChI=1S/C18H22N4OS/c1-13(2)16-12-20-18(24-16)22(17(19)23)15-9-5-7-14(11-15)8-6-10-21(3)4/h5,7,9,11-13H,10H2,1-4H3,(H2,19,23). The summed E-state index contributed by atoms with van der Waals surface area (Å²) in [5.74, 6) is 6.54. The van der Waals surface area contributed by atoms with E-state index in [-0.39, 0.29) is 0 Å². The minimum Gasteiger partial charge on any atom is -0.351 e. The summed E-state index contributed by atoms with van der Waals surface area (Å²) in [7, 11) is 3.93. The van der Waals surface area contributed by atoms with E-state index in [9.17, 15) is 4.79 Å². The Morgan fingerprint density at radius 1 is 1.38 bits per heavy atom. The molecule has 0 bridgehead atoms. The summed E-state index contributed by atoms with van der Waals surface area (Å²) >= 11 is 1.47. The monoisotopic (exact) mass is 342 g/mol. The van der Waals surface area contributed by atoms with Crippen LogP contribution in [0.2, 0.25) is 0 Å². The van der Waals surface area contributed by atoms with E-state index in [0.29, 0.717) is 23.3 Å². The van der Waals surface area contributed by atoms with Crippen molar-refractivity contribution in [1.29, 1.82) is 0 Å². The van der Waals surface area contributed by atoms with Gasteiger partial charge in [0.15, 0.2) is 5.13 Å². The molecule has 1 aromatic heterocycles. The van der Waals surface area contributed by atoms with Gasteiger partial charge in [-0.15, -0.1) is 11.3 Å². The van der Waals surface area contributed by atoms with E-state index < -0.39 is 6.03 Å². The second kappa shape index (κ2) is 7.95. The molecule has 2 aromatic rings. The van der Waals surface area contributed by atoms with Crippen LogP contribution < -0.4 is 10.6 Å². The fourth-order valence-electron chi connectivity index (χ4n) is 2.00. The Kier molecular flexibility index (Phi) is 5.96. The van der Waals surface area contributed by atoms with Gasteiger partial charge in [0, 0.05) is 16.6 Å². The van der Waals surface area contributed by atoms with Crippen molar-refractivity contribution in [3.63, 3.8) is 0 Å². The molecular weight excluding hydrogens is 320 g/mol. The molecule has 0 fully saturated rings. The van der Waals surface area contributed by atoms with Crippen LogP contribution >= 0.6 is 11.3 Å². The fourth-order valence-corrected chi connectivity index (χ4v) is 2.95. The number of hydrogen-bond acceptors (Lipinski definition) is 4. The summed E-state index contributed by atoms with van der Waals surface area (Å²) in [6.45, 7) is 4.85. The number of carbonyl (C=O) groups is 1. The fraction of sp³-hybridized carbons (Fsp3) is 0.333. The van der Waals surface area contributed by atoms with E-state index in [2.05, 4.69) is 30.7 Å². The number of urea groups is 1. The van der Waals surface area contributed by atoms with Crippen molar-refractivity contribution >= 4 is 28.2 Å². The summed E-state index contributed by atoms with van der Waals surface area (Å²) < 4.78 is 0. The van der Waals surface area contributed by atoms with Gasteiger partial charge < -0.3 is 5.73 Å². The molecule has 0 aliphatic heterocycles. The van der Waals surface area contributed by atoms with E-state index >= 15 is 0 Å². The number of nitrogens with zero attached hydrogens (tertiary/aromatic N) is 3. The number of thiazole rings is 1. The highest BCUT2D eigenvalue weighted by atomic mass is 32.1. The summed E-state index contributed by atoms with van der Waals surface area (Å²) in [5.41, 5.74) is 7.09. The van der Waals surface area contributed by atoms with Crippen molar-refractivity contribution in [3.8, 4) is 11.8 Å². The van der Waals surface area contributed by atoms with Gasteiger partial charge in [-0.1, -0.05) is 31.8 Å². The van der Waals surface area contributed by atoms with Crippen LogP contribution in [0.5, 0.6) is 0 Å².